The second-order valence-electron chi connectivity index (χ2n) is 9.63. The Morgan fingerprint density at radius 1 is 0.968 bits per heavy atom. The fraction of sp³-hybridized carbons (Fsp3) is 0.500. The summed E-state index contributed by atoms with van der Waals surface area (Å²) < 4.78 is 0. The molecule has 2 fully saturated rings. The Balaban J connectivity index is 1.41. The predicted molar refractivity (Wildman–Crippen MR) is 122 cm³/mol. The van der Waals surface area contributed by atoms with E-state index in [1.165, 1.54) is 6.42 Å². The van der Waals surface area contributed by atoms with Crippen LogP contribution in [0, 0.1) is 5.41 Å². The number of hydrogen-bond acceptors (Lipinski definition) is 7. The monoisotopic (exact) mass is 418 g/mol. The van der Waals surface area contributed by atoms with Gasteiger partial charge >= 0.3 is 0 Å². The quantitative estimate of drug-likeness (QED) is 0.697. The van der Waals surface area contributed by atoms with Crippen LogP contribution in [0.2, 0.25) is 0 Å². The first-order valence-electron chi connectivity index (χ1n) is 11.1. The van der Waals surface area contributed by atoms with Crippen molar-refractivity contribution in [3.8, 4) is 11.4 Å². The molecule has 2 saturated heterocycles. The Kier molecular flexibility index (Phi) is 5.10. The smallest absolute Gasteiger partial charge is 0.162 e. The average Bonchev–Trinajstić information content (AvgIpc) is 3.24. The van der Waals surface area contributed by atoms with E-state index in [1.54, 1.807) is 12.4 Å². The van der Waals surface area contributed by atoms with Crippen LogP contribution in [0.15, 0.2) is 43.0 Å². The van der Waals surface area contributed by atoms with Crippen LogP contribution in [0.5, 0.6) is 0 Å². The number of likely N-dealkylation sites (tertiary alicyclic amines) is 1. The van der Waals surface area contributed by atoms with E-state index in [4.69, 9.17) is 9.97 Å². The Bertz CT molecular complexity index is 1060. The second kappa shape index (κ2) is 7.80. The van der Waals surface area contributed by atoms with Crippen LogP contribution in [0.3, 0.4) is 0 Å². The molecular formula is C24H30N6O. The summed E-state index contributed by atoms with van der Waals surface area (Å²) in [5, 5.41) is 10.8. The molecule has 0 atom stereocenters. The maximum absolute atomic E-state index is 9.78. The van der Waals surface area contributed by atoms with Crippen molar-refractivity contribution in [1.82, 2.24) is 24.8 Å². The van der Waals surface area contributed by atoms with E-state index in [-0.39, 0.29) is 12.1 Å². The lowest BCUT2D eigenvalue weighted by Crippen LogP contribution is -2.48. The molecule has 2 aliphatic rings. The number of aliphatic hydroxyl groups is 1. The lowest BCUT2D eigenvalue weighted by molar-refractivity contribution is 0.0628. The molecular weight excluding hydrogens is 388 g/mol. The summed E-state index contributed by atoms with van der Waals surface area (Å²) >= 11 is 0. The highest BCUT2D eigenvalue weighted by Crippen LogP contribution is 2.43. The van der Waals surface area contributed by atoms with Crippen molar-refractivity contribution in [2.45, 2.75) is 38.6 Å². The minimum absolute atomic E-state index is 0.143. The molecule has 0 amide bonds. The van der Waals surface area contributed by atoms with Gasteiger partial charge in [0.2, 0.25) is 0 Å². The van der Waals surface area contributed by atoms with Crippen molar-refractivity contribution >= 4 is 16.7 Å². The number of pyridine rings is 2. The molecule has 3 aromatic rings. The van der Waals surface area contributed by atoms with Crippen molar-refractivity contribution < 1.29 is 5.11 Å². The Labute approximate surface area is 183 Å². The maximum atomic E-state index is 9.78. The van der Waals surface area contributed by atoms with Gasteiger partial charge in [-0.2, -0.15) is 0 Å². The highest BCUT2D eigenvalue weighted by Gasteiger charge is 2.44. The van der Waals surface area contributed by atoms with Gasteiger partial charge in [-0.25, -0.2) is 9.97 Å². The van der Waals surface area contributed by atoms with Gasteiger partial charge in [-0.1, -0.05) is 0 Å². The number of hydrogen-bond donors (Lipinski definition) is 1. The van der Waals surface area contributed by atoms with Crippen molar-refractivity contribution in [2.24, 2.45) is 5.41 Å². The maximum Gasteiger partial charge on any atom is 0.162 e. The van der Waals surface area contributed by atoms with Gasteiger partial charge in [-0.3, -0.25) is 14.9 Å². The van der Waals surface area contributed by atoms with Gasteiger partial charge in [0, 0.05) is 54.7 Å². The van der Waals surface area contributed by atoms with Crippen molar-refractivity contribution in [3.05, 3.63) is 43.0 Å². The fourth-order valence-electron chi connectivity index (χ4n) is 4.99. The van der Waals surface area contributed by atoms with Crippen LogP contribution in [0.1, 0.15) is 33.1 Å². The molecule has 7 nitrogen and oxygen atoms in total. The van der Waals surface area contributed by atoms with Gasteiger partial charge in [-0.05, 0) is 63.3 Å². The van der Waals surface area contributed by atoms with Crippen LogP contribution >= 0.6 is 0 Å². The molecule has 1 spiro atoms. The van der Waals surface area contributed by atoms with Crippen LogP contribution in [0.4, 0.5) is 5.82 Å². The van der Waals surface area contributed by atoms with E-state index < -0.39 is 0 Å². The summed E-state index contributed by atoms with van der Waals surface area (Å²) in [5.74, 6) is 1.72. The third-order valence-corrected chi connectivity index (χ3v) is 7.22. The van der Waals surface area contributed by atoms with Gasteiger partial charge in [0.25, 0.3) is 0 Å². The van der Waals surface area contributed by atoms with Gasteiger partial charge in [-0.15, -0.1) is 0 Å². The van der Waals surface area contributed by atoms with E-state index >= 15 is 0 Å². The highest BCUT2D eigenvalue weighted by atomic mass is 16.3. The van der Waals surface area contributed by atoms with Crippen molar-refractivity contribution in [3.63, 3.8) is 0 Å². The average molecular weight is 419 g/mol. The molecule has 0 bridgehead atoms. The van der Waals surface area contributed by atoms with E-state index in [9.17, 15) is 5.11 Å². The molecule has 0 aliphatic carbocycles. The lowest BCUT2D eigenvalue weighted by atomic mass is 9.77. The molecule has 3 aromatic heterocycles. The first kappa shape index (κ1) is 20.3. The van der Waals surface area contributed by atoms with Crippen LogP contribution in [0.25, 0.3) is 22.3 Å². The minimum Gasteiger partial charge on any atom is -0.394 e. The Morgan fingerprint density at radius 2 is 1.68 bits per heavy atom. The second-order valence-corrected chi connectivity index (χ2v) is 9.63. The first-order valence-corrected chi connectivity index (χ1v) is 11.1. The van der Waals surface area contributed by atoms with E-state index in [1.807, 2.05) is 30.6 Å². The third kappa shape index (κ3) is 3.77. The molecule has 0 unspecified atom stereocenters. The lowest BCUT2D eigenvalue weighted by Gasteiger charge is -2.42. The zero-order valence-corrected chi connectivity index (χ0v) is 18.3. The molecule has 31 heavy (non-hydrogen) atoms. The summed E-state index contributed by atoms with van der Waals surface area (Å²) in [4.78, 5) is 23.0. The van der Waals surface area contributed by atoms with Gasteiger partial charge in [0.1, 0.15) is 5.82 Å². The summed E-state index contributed by atoms with van der Waals surface area (Å²) in [6.45, 7) is 8.60. The minimum atomic E-state index is -0.143. The molecule has 5 rings (SSSR count). The topological polar surface area (TPSA) is 78.3 Å². The molecule has 2 aliphatic heterocycles. The van der Waals surface area contributed by atoms with Crippen LogP contribution in [-0.4, -0.2) is 68.3 Å². The predicted octanol–water partition coefficient (Wildman–Crippen LogP) is 3.15. The molecule has 0 aromatic carbocycles. The highest BCUT2D eigenvalue weighted by molar-refractivity contribution is 5.90. The van der Waals surface area contributed by atoms with Crippen molar-refractivity contribution in [1.29, 1.82) is 0 Å². The number of aliphatic hydroxyl groups excluding tert-OH is 1. The fourth-order valence-corrected chi connectivity index (χ4v) is 4.99. The zero-order valence-electron chi connectivity index (χ0n) is 18.3. The van der Waals surface area contributed by atoms with Gasteiger partial charge in [0.05, 0.1) is 18.3 Å². The largest absolute Gasteiger partial charge is 0.394 e. The molecule has 1 N–H and O–H groups in total. The zero-order chi connectivity index (χ0) is 21.5. The Hall–Kier alpha value is -2.64. The summed E-state index contributed by atoms with van der Waals surface area (Å²) in [6, 6.07) is 5.91. The molecule has 0 radical (unpaired) electrons. The van der Waals surface area contributed by atoms with Gasteiger partial charge < -0.3 is 10.0 Å². The summed E-state index contributed by atoms with van der Waals surface area (Å²) in [5.41, 5.74) is 2.04. The number of nitrogens with zero attached hydrogens (tertiary/aromatic N) is 6. The first-order chi connectivity index (χ1) is 15.0. The van der Waals surface area contributed by atoms with Crippen LogP contribution < -0.4 is 4.90 Å². The third-order valence-electron chi connectivity index (χ3n) is 7.22. The SMILES string of the molecule is CC(C)(CO)N1CCC2(CCN(c3nc(-c4ccncc4)nc4cnccc34)CC2)C1. The molecule has 7 heteroatoms. The van der Waals surface area contributed by atoms with Crippen LogP contribution in [-0.2, 0) is 0 Å². The molecule has 0 saturated carbocycles. The van der Waals surface area contributed by atoms with E-state index in [2.05, 4.69) is 33.6 Å². The Morgan fingerprint density at radius 3 is 2.42 bits per heavy atom. The molecule has 162 valence electrons. The van der Waals surface area contributed by atoms with E-state index in [0.717, 1.165) is 67.1 Å². The standard InChI is InChI=1S/C24H30N6O/c1-23(2,17-31)30-14-8-24(16-30)6-12-29(13-7-24)22-19-5-11-26-15-20(19)27-21(28-22)18-3-9-25-10-4-18/h3-5,9-11,15,31H,6-8,12-14,16-17H2,1-2H3. The molecule has 5 heterocycles. The number of anilines is 1. The number of rotatable bonds is 4. The summed E-state index contributed by atoms with van der Waals surface area (Å²) in [7, 11) is 0. The van der Waals surface area contributed by atoms with E-state index in [0.29, 0.717) is 5.41 Å². The number of aromatic nitrogens is 4. The van der Waals surface area contributed by atoms with Gasteiger partial charge in [0.15, 0.2) is 5.82 Å². The number of piperidine rings is 1. The normalized spacial score (nSPS) is 19.4. The van der Waals surface area contributed by atoms with Crippen molar-refractivity contribution in [2.75, 3.05) is 37.7 Å². The number of fused-ring (bicyclic) bond motifs is 1. The summed E-state index contributed by atoms with van der Waals surface area (Å²) in [6.07, 6.45) is 10.7.